The van der Waals surface area contributed by atoms with E-state index >= 15 is 0 Å². The lowest BCUT2D eigenvalue weighted by Crippen LogP contribution is -2.29. The highest BCUT2D eigenvalue weighted by molar-refractivity contribution is 7.86. The molecule has 2 aromatic rings. The molecule has 3 N–H and O–H groups in total. The first kappa shape index (κ1) is 16.7. The van der Waals surface area contributed by atoms with Crippen molar-refractivity contribution in [3.05, 3.63) is 64.2 Å². The summed E-state index contributed by atoms with van der Waals surface area (Å²) in [6.45, 7) is 0. The van der Waals surface area contributed by atoms with Gasteiger partial charge >= 0.3 is 6.23 Å². The van der Waals surface area contributed by atoms with Crippen molar-refractivity contribution in [2.24, 2.45) is 0 Å². The molecule has 0 spiro atoms. The molecule has 0 aromatic heterocycles. The van der Waals surface area contributed by atoms with E-state index in [1.807, 2.05) is 0 Å². The maximum absolute atomic E-state index is 11.2. The van der Waals surface area contributed by atoms with Gasteiger partial charge in [0.05, 0.1) is 17.0 Å². The van der Waals surface area contributed by atoms with Gasteiger partial charge in [-0.15, -0.1) is 0 Å². The molecule has 0 radical (unpaired) electrons. The van der Waals surface area contributed by atoms with E-state index in [-0.39, 0.29) is 12.1 Å². The van der Waals surface area contributed by atoms with Crippen molar-refractivity contribution < 1.29 is 22.6 Å². The minimum Gasteiger partial charge on any atom is -0.430 e. The zero-order valence-corrected chi connectivity index (χ0v) is 12.6. The molecule has 2 aromatic carbocycles. The molecule has 1 unspecified atom stereocenters. The lowest BCUT2D eigenvalue weighted by atomic mass is 10.1. The molecule has 0 bridgehead atoms. The molecule has 0 saturated carbocycles. The Labute approximate surface area is 132 Å². The molecule has 0 aliphatic carbocycles. The predicted octanol–water partition coefficient (Wildman–Crippen LogP) is 1.74. The summed E-state index contributed by atoms with van der Waals surface area (Å²) in [6.07, 6.45) is -1.60. The van der Waals surface area contributed by atoms with Gasteiger partial charge in [-0.2, -0.15) is 8.42 Å². The van der Waals surface area contributed by atoms with Crippen molar-refractivity contribution in [3.63, 3.8) is 0 Å². The van der Waals surface area contributed by atoms with E-state index in [1.54, 1.807) is 30.3 Å². The molecule has 1 atom stereocenters. The zero-order chi connectivity index (χ0) is 17.0. The van der Waals surface area contributed by atoms with E-state index in [0.29, 0.717) is 11.3 Å². The second kappa shape index (κ2) is 6.63. The summed E-state index contributed by atoms with van der Waals surface area (Å²) in [4.78, 5) is 10.0. The first-order valence-corrected chi connectivity index (χ1v) is 7.92. The third-order valence-electron chi connectivity index (χ3n) is 3.02. The molecule has 2 rings (SSSR count). The Morgan fingerprint density at radius 1 is 1.22 bits per heavy atom. The highest BCUT2D eigenvalue weighted by Crippen LogP contribution is 2.21. The second-order valence-corrected chi connectivity index (χ2v) is 6.11. The molecule has 23 heavy (non-hydrogen) atoms. The van der Waals surface area contributed by atoms with E-state index in [0.717, 1.165) is 6.07 Å². The van der Waals surface area contributed by atoms with E-state index in [2.05, 4.69) is 0 Å². The average molecular weight is 338 g/mol. The summed E-state index contributed by atoms with van der Waals surface area (Å²) < 4.78 is 36.8. The number of benzene rings is 2. The largest absolute Gasteiger partial charge is 0.430 e. The van der Waals surface area contributed by atoms with Gasteiger partial charge in [0.2, 0.25) is 0 Å². The van der Waals surface area contributed by atoms with Gasteiger partial charge in [-0.1, -0.05) is 24.3 Å². The average Bonchev–Trinajstić information content (AvgIpc) is 2.48. The van der Waals surface area contributed by atoms with Gasteiger partial charge in [-0.05, 0) is 29.8 Å². The predicted molar refractivity (Wildman–Crippen MR) is 82.2 cm³/mol. The Morgan fingerprint density at radius 2 is 1.87 bits per heavy atom. The maximum Gasteiger partial charge on any atom is 0.357 e. The van der Waals surface area contributed by atoms with Gasteiger partial charge in [-0.3, -0.25) is 14.7 Å². The van der Waals surface area contributed by atoms with E-state index in [9.17, 15) is 18.5 Å². The number of nitrogens with zero attached hydrogens (tertiary/aromatic N) is 1. The molecule has 8 nitrogen and oxygen atoms in total. The van der Waals surface area contributed by atoms with Crippen LogP contribution in [-0.4, -0.2) is 24.1 Å². The molecule has 0 amide bonds. The van der Waals surface area contributed by atoms with Crippen LogP contribution >= 0.6 is 0 Å². The molecule has 0 aliphatic heterocycles. The smallest absolute Gasteiger partial charge is 0.357 e. The summed E-state index contributed by atoms with van der Waals surface area (Å²) in [6, 6.07) is 12.0. The van der Waals surface area contributed by atoms with Crippen molar-refractivity contribution in [3.8, 4) is 5.75 Å². The van der Waals surface area contributed by atoms with Gasteiger partial charge in [0, 0.05) is 0 Å². The Kier molecular flexibility index (Phi) is 4.82. The molecular formula is C14H14N2O6S. The van der Waals surface area contributed by atoms with E-state index in [4.69, 9.17) is 15.0 Å². The summed E-state index contributed by atoms with van der Waals surface area (Å²) in [5, 5.41) is 11.1. The fourth-order valence-corrected chi connectivity index (χ4v) is 2.61. The standard InChI is InChI=1S/C14H14N2O6S/c15-12-7-6-10(8-13(12)23(19,20)21)9-14(16(17)18)22-11-4-2-1-3-5-11/h1-8,14H,9,15H2,(H,19,20,21). The van der Waals surface area contributed by atoms with Crippen LogP contribution in [0, 0.1) is 10.1 Å². The number of anilines is 1. The number of nitrogen functional groups attached to an aromatic ring is 1. The van der Waals surface area contributed by atoms with Crippen LogP contribution in [0.4, 0.5) is 5.69 Å². The fourth-order valence-electron chi connectivity index (χ4n) is 1.95. The van der Waals surface area contributed by atoms with Crippen LogP contribution in [-0.2, 0) is 16.5 Å². The van der Waals surface area contributed by atoms with Crippen molar-refractivity contribution >= 4 is 15.8 Å². The summed E-state index contributed by atoms with van der Waals surface area (Å²) in [5.74, 6) is 0.319. The molecular weight excluding hydrogens is 324 g/mol. The Morgan fingerprint density at radius 3 is 2.43 bits per heavy atom. The number of hydrogen-bond acceptors (Lipinski definition) is 6. The lowest BCUT2D eigenvalue weighted by Gasteiger charge is -2.13. The van der Waals surface area contributed by atoms with Crippen molar-refractivity contribution in [1.29, 1.82) is 0 Å². The van der Waals surface area contributed by atoms with Crippen molar-refractivity contribution in [2.75, 3.05) is 5.73 Å². The van der Waals surface area contributed by atoms with Gasteiger partial charge in [0.15, 0.2) is 0 Å². The quantitative estimate of drug-likeness (QED) is 0.269. The van der Waals surface area contributed by atoms with Crippen LogP contribution in [0.5, 0.6) is 5.75 Å². The van der Waals surface area contributed by atoms with Gasteiger partial charge < -0.3 is 10.5 Å². The zero-order valence-electron chi connectivity index (χ0n) is 11.8. The number of rotatable bonds is 6. The first-order chi connectivity index (χ1) is 10.8. The fraction of sp³-hybridized carbons (Fsp3) is 0.143. The molecule has 0 saturated heterocycles. The molecule has 0 fully saturated rings. The Bertz CT molecular complexity index is 807. The summed E-state index contributed by atoms with van der Waals surface area (Å²) in [5.41, 5.74) is 5.64. The Balaban J connectivity index is 2.26. The number of nitro groups is 1. The third kappa shape index (κ3) is 4.41. The van der Waals surface area contributed by atoms with Crippen LogP contribution in [0.1, 0.15) is 5.56 Å². The molecule has 0 heterocycles. The topological polar surface area (TPSA) is 133 Å². The number of ether oxygens (including phenoxy) is 1. The number of nitrogens with two attached hydrogens (primary N) is 1. The minimum atomic E-state index is -4.51. The maximum atomic E-state index is 11.2. The van der Waals surface area contributed by atoms with Crippen LogP contribution < -0.4 is 10.5 Å². The van der Waals surface area contributed by atoms with Crippen LogP contribution in [0.25, 0.3) is 0 Å². The molecule has 9 heteroatoms. The third-order valence-corrected chi connectivity index (χ3v) is 3.93. The monoisotopic (exact) mass is 338 g/mol. The highest BCUT2D eigenvalue weighted by Gasteiger charge is 2.24. The molecule has 122 valence electrons. The van der Waals surface area contributed by atoms with Gasteiger partial charge in [0.1, 0.15) is 10.6 Å². The summed E-state index contributed by atoms with van der Waals surface area (Å²) >= 11 is 0. The summed E-state index contributed by atoms with van der Waals surface area (Å²) in [7, 11) is -4.51. The van der Waals surface area contributed by atoms with E-state index in [1.165, 1.54) is 12.1 Å². The minimum absolute atomic E-state index is 0.141. The van der Waals surface area contributed by atoms with Crippen molar-refractivity contribution in [1.82, 2.24) is 0 Å². The number of hydrogen-bond donors (Lipinski definition) is 2. The van der Waals surface area contributed by atoms with Gasteiger partial charge in [-0.25, -0.2) is 0 Å². The normalized spacial score (nSPS) is 12.6. The second-order valence-electron chi connectivity index (χ2n) is 4.72. The van der Waals surface area contributed by atoms with Crippen LogP contribution in [0.3, 0.4) is 0 Å². The molecule has 0 aliphatic rings. The highest BCUT2D eigenvalue weighted by atomic mass is 32.2. The van der Waals surface area contributed by atoms with Crippen LogP contribution in [0.2, 0.25) is 0 Å². The number of para-hydroxylation sites is 1. The Hall–Kier alpha value is -2.65. The van der Waals surface area contributed by atoms with Crippen molar-refractivity contribution in [2.45, 2.75) is 17.5 Å². The SMILES string of the molecule is Nc1ccc(CC(Oc2ccccc2)[N+](=O)[O-])cc1S(=O)(=O)O. The van der Waals surface area contributed by atoms with Gasteiger partial charge in [0.25, 0.3) is 10.1 Å². The lowest BCUT2D eigenvalue weighted by molar-refractivity contribution is -0.562. The first-order valence-electron chi connectivity index (χ1n) is 6.48. The van der Waals surface area contributed by atoms with E-state index < -0.39 is 26.2 Å². The van der Waals surface area contributed by atoms with Crippen LogP contribution in [0.15, 0.2) is 53.4 Å².